The number of alkyl halides is 3. The highest BCUT2D eigenvalue weighted by molar-refractivity contribution is 5.93. The van der Waals surface area contributed by atoms with Gasteiger partial charge in [-0.1, -0.05) is 0 Å². The van der Waals surface area contributed by atoms with E-state index in [9.17, 15) is 18.0 Å². The van der Waals surface area contributed by atoms with Gasteiger partial charge in [0, 0.05) is 5.39 Å². The first-order chi connectivity index (χ1) is 9.77. The SMILES string of the molecule is Cc1cc(C(=O)O)nc2c(C(F)(F)F)cc(C3CC3)cc12. The third-order valence-electron chi connectivity index (χ3n) is 3.72. The highest BCUT2D eigenvalue weighted by Gasteiger charge is 2.36. The Morgan fingerprint density at radius 2 is 1.95 bits per heavy atom. The van der Waals surface area contributed by atoms with Crippen molar-refractivity contribution in [1.29, 1.82) is 0 Å². The molecule has 0 bridgehead atoms. The third-order valence-corrected chi connectivity index (χ3v) is 3.72. The average Bonchev–Trinajstić information content (AvgIpc) is 3.20. The molecule has 0 saturated heterocycles. The summed E-state index contributed by atoms with van der Waals surface area (Å²) in [7, 11) is 0. The molecule has 1 aliphatic carbocycles. The Morgan fingerprint density at radius 3 is 2.48 bits per heavy atom. The van der Waals surface area contributed by atoms with Gasteiger partial charge in [0.1, 0.15) is 5.69 Å². The Bertz CT molecular complexity index is 749. The van der Waals surface area contributed by atoms with Crippen LogP contribution in [0.25, 0.3) is 10.9 Å². The van der Waals surface area contributed by atoms with Crippen molar-refractivity contribution in [2.45, 2.75) is 31.9 Å². The number of hydrogen-bond acceptors (Lipinski definition) is 2. The average molecular weight is 295 g/mol. The minimum absolute atomic E-state index is 0.175. The van der Waals surface area contributed by atoms with Crippen LogP contribution in [-0.4, -0.2) is 16.1 Å². The molecule has 0 aliphatic heterocycles. The molecule has 3 rings (SSSR count). The number of rotatable bonds is 2. The Kier molecular flexibility index (Phi) is 2.93. The van der Waals surface area contributed by atoms with Gasteiger partial charge in [0.15, 0.2) is 0 Å². The molecule has 1 saturated carbocycles. The van der Waals surface area contributed by atoms with E-state index >= 15 is 0 Å². The number of halogens is 3. The molecule has 1 aliphatic rings. The van der Waals surface area contributed by atoms with Gasteiger partial charge in [-0.15, -0.1) is 0 Å². The zero-order valence-electron chi connectivity index (χ0n) is 11.2. The van der Waals surface area contributed by atoms with Gasteiger partial charge in [0.2, 0.25) is 0 Å². The van der Waals surface area contributed by atoms with E-state index in [2.05, 4.69) is 4.98 Å². The fourth-order valence-electron chi connectivity index (χ4n) is 2.49. The van der Waals surface area contributed by atoms with Gasteiger partial charge in [0.25, 0.3) is 0 Å². The minimum atomic E-state index is -4.56. The fourth-order valence-corrected chi connectivity index (χ4v) is 2.49. The highest BCUT2D eigenvalue weighted by atomic mass is 19.4. The van der Waals surface area contributed by atoms with Crippen LogP contribution in [0, 0.1) is 6.92 Å². The quantitative estimate of drug-likeness (QED) is 0.906. The minimum Gasteiger partial charge on any atom is -0.477 e. The molecule has 0 spiro atoms. The van der Waals surface area contributed by atoms with Crippen molar-refractivity contribution >= 4 is 16.9 Å². The maximum atomic E-state index is 13.3. The number of hydrogen-bond donors (Lipinski definition) is 1. The summed E-state index contributed by atoms with van der Waals surface area (Å²) in [6.07, 6.45) is -2.77. The first-order valence-electron chi connectivity index (χ1n) is 6.53. The lowest BCUT2D eigenvalue weighted by Crippen LogP contribution is -2.10. The maximum Gasteiger partial charge on any atom is 0.418 e. The van der Waals surface area contributed by atoms with Crippen molar-refractivity contribution in [1.82, 2.24) is 4.98 Å². The van der Waals surface area contributed by atoms with E-state index in [1.165, 1.54) is 6.07 Å². The molecule has 0 atom stereocenters. The van der Waals surface area contributed by atoms with Crippen molar-refractivity contribution in [3.05, 3.63) is 40.6 Å². The number of carbonyl (C=O) groups is 1. The van der Waals surface area contributed by atoms with E-state index in [-0.39, 0.29) is 17.1 Å². The molecule has 1 aromatic carbocycles. The Hall–Kier alpha value is -2.11. The van der Waals surface area contributed by atoms with Gasteiger partial charge in [-0.05, 0) is 55.0 Å². The lowest BCUT2D eigenvalue weighted by Gasteiger charge is -2.14. The van der Waals surface area contributed by atoms with Gasteiger partial charge in [0.05, 0.1) is 11.1 Å². The van der Waals surface area contributed by atoms with Gasteiger partial charge in [-0.3, -0.25) is 0 Å². The molecule has 3 nitrogen and oxygen atoms in total. The molecule has 1 N–H and O–H groups in total. The number of pyridine rings is 1. The Morgan fingerprint density at radius 1 is 1.29 bits per heavy atom. The van der Waals surface area contributed by atoms with Crippen LogP contribution in [0.15, 0.2) is 18.2 Å². The van der Waals surface area contributed by atoms with Crippen LogP contribution in [0.1, 0.15) is 45.9 Å². The van der Waals surface area contributed by atoms with Crippen molar-refractivity contribution in [2.24, 2.45) is 0 Å². The second kappa shape index (κ2) is 4.44. The molecular weight excluding hydrogens is 283 g/mol. The number of nitrogens with zero attached hydrogens (tertiary/aromatic N) is 1. The smallest absolute Gasteiger partial charge is 0.418 e. The largest absolute Gasteiger partial charge is 0.477 e. The number of carboxylic acid groups (broad SMARTS) is 1. The van der Waals surface area contributed by atoms with Crippen LogP contribution in [0.5, 0.6) is 0 Å². The van der Waals surface area contributed by atoms with E-state index < -0.39 is 17.7 Å². The molecule has 0 unspecified atom stereocenters. The molecule has 0 radical (unpaired) electrons. The Balaban J connectivity index is 2.36. The molecule has 110 valence electrons. The number of aryl methyl sites for hydroxylation is 1. The van der Waals surface area contributed by atoms with Gasteiger partial charge in [-0.2, -0.15) is 13.2 Å². The molecule has 2 aromatic rings. The van der Waals surface area contributed by atoms with E-state index in [0.717, 1.165) is 18.9 Å². The predicted octanol–water partition coefficient (Wildman–Crippen LogP) is 4.14. The van der Waals surface area contributed by atoms with Gasteiger partial charge in [-0.25, -0.2) is 9.78 Å². The standard InChI is InChI=1S/C15H12F3NO2/c1-7-4-12(14(20)21)19-13-10(7)5-9(8-2-3-8)6-11(13)15(16,17)18/h4-6,8H,2-3H2,1H3,(H,20,21). The first kappa shape index (κ1) is 13.9. The molecule has 21 heavy (non-hydrogen) atoms. The number of aromatic nitrogens is 1. The second-order valence-corrected chi connectivity index (χ2v) is 5.37. The summed E-state index contributed by atoms with van der Waals surface area (Å²) >= 11 is 0. The Labute approximate surface area is 118 Å². The summed E-state index contributed by atoms with van der Waals surface area (Å²) in [5.74, 6) is -1.16. The second-order valence-electron chi connectivity index (χ2n) is 5.37. The first-order valence-corrected chi connectivity index (χ1v) is 6.53. The summed E-state index contributed by atoms with van der Waals surface area (Å²) in [6.45, 7) is 1.60. The van der Waals surface area contributed by atoms with Crippen LogP contribution in [0.2, 0.25) is 0 Å². The molecule has 6 heteroatoms. The summed E-state index contributed by atoms with van der Waals surface area (Å²) < 4.78 is 39.8. The van der Waals surface area contributed by atoms with Crippen LogP contribution in [0.4, 0.5) is 13.2 Å². The summed E-state index contributed by atoms with van der Waals surface area (Å²) in [4.78, 5) is 14.7. The van der Waals surface area contributed by atoms with E-state index in [1.807, 2.05) is 0 Å². The number of carboxylic acids is 1. The van der Waals surface area contributed by atoms with Crippen molar-refractivity contribution in [3.63, 3.8) is 0 Å². The summed E-state index contributed by atoms with van der Waals surface area (Å²) in [6, 6.07) is 4.12. The highest BCUT2D eigenvalue weighted by Crippen LogP contribution is 2.44. The predicted molar refractivity (Wildman–Crippen MR) is 70.4 cm³/mol. The van der Waals surface area contributed by atoms with E-state index in [4.69, 9.17) is 5.11 Å². The third kappa shape index (κ3) is 2.46. The zero-order valence-corrected chi connectivity index (χ0v) is 11.2. The lowest BCUT2D eigenvalue weighted by atomic mass is 9.98. The lowest BCUT2D eigenvalue weighted by molar-refractivity contribution is -0.136. The number of fused-ring (bicyclic) bond motifs is 1. The normalized spacial score (nSPS) is 15.4. The van der Waals surface area contributed by atoms with Crippen LogP contribution >= 0.6 is 0 Å². The molecule has 1 heterocycles. The van der Waals surface area contributed by atoms with Crippen molar-refractivity contribution < 1.29 is 23.1 Å². The molecule has 1 fully saturated rings. The van der Waals surface area contributed by atoms with Gasteiger partial charge >= 0.3 is 12.1 Å². The topological polar surface area (TPSA) is 50.2 Å². The van der Waals surface area contributed by atoms with E-state index in [1.54, 1.807) is 13.0 Å². The fraction of sp³-hybridized carbons (Fsp3) is 0.333. The molecule has 0 amide bonds. The van der Waals surface area contributed by atoms with Crippen molar-refractivity contribution in [2.75, 3.05) is 0 Å². The van der Waals surface area contributed by atoms with Crippen LogP contribution in [0.3, 0.4) is 0 Å². The van der Waals surface area contributed by atoms with Crippen LogP contribution < -0.4 is 0 Å². The monoisotopic (exact) mass is 295 g/mol. The van der Waals surface area contributed by atoms with Crippen molar-refractivity contribution in [3.8, 4) is 0 Å². The maximum absolute atomic E-state index is 13.3. The summed E-state index contributed by atoms with van der Waals surface area (Å²) in [5.41, 5.74) is -0.365. The van der Waals surface area contributed by atoms with E-state index in [0.29, 0.717) is 16.5 Å². The molecule has 1 aromatic heterocycles. The van der Waals surface area contributed by atoms with Gasteiger partial charge < -0.3 is 5.11 Å². The van der Waals surface area contributed by atoms with Crippen LogP contribution in [-0.2, 0) is 6.18 Å². The molecular formula is C15H12F3NO2. The zero-order chi connectivity index (χ0) is 15.4. The number of aromatic carboxylic acids is 1. The number of benzene rings is 1. The summed E-state index contributed by atoms with van der Waals surface area (Å²) in [5, 5.41) is 9.34.